The quantitative estimate of drug-likeness (QED) is 0.0352. The van der Waals surface area contributed by atoms with Crippen LogP contribution in [0, 0.1) is 0 Å². The van der Waals surface area contributed by atoms with Gasteiger partial charge in [0.15, 0.2) is 0 Å². The van der Waals surface area contributed by atoms with Crippen molar-refractivity contribution in [2.24, 2.45) is 0 Å². The van der Waals surface area contributed by atoms with Crippen LogP contribution in [0.3, 0.4) is 0 Å². The zero-order chi connectivity index (χ0) is 40.8. The van der Waals surface area contributed by atoms with Crippen molar-refractivity contribution in [3.63, 3.8) is 0 Å². The van der Waals surface area contributed by atoms with E-state index in [1.165, 1.54) is 88.2 Å². The molecule has 0 radical (unpaired) electrons. The summed E-state index contributed by atoms with van der Waals surface area (Å²) in [5.41, 5.74) is 3.90. The number of rotatable bonds is 26. The fraction of sp³-hybridized carbons (Fsp3) is 0.583. The molecule has 0 saturated heterocycles. The fourth-order valence-corrected chi connectivity index (χ4v) is 9.30. The van der Waals surface area contributed by atoms with Gasteiger partial charge >= 0.3 is 48.9 Å². The van der Waals surface area contributed by atoms with Crippen molar-refractivity contribution in [2.75, 3.05) is 0 Å². The SMILES string of the molecule is CCCCCCCc1cc2c(CCCCCCC)cccc2cc1S(=O)(=O)[O-].CCCCCCCc1cc2c(CCCCCCC)cccc2cc1S(=O)(=O)[O-].[Ba+2]. The summed E-state index contributed by atoms with van der Waals surface area (Å²) < 4.78 is 71.0. The average Bonchev–Trinajstić information content (AvgIpc) is 3.16. The Morgan fingerprint density at radius 3 is 0.947 bits per heavy atom. The van der Waals surface area contributed by atoms with Crippen molar-refractivity contribution >= 4 is 90.7 Å². The largest absolute Gasteiger partial charge is 2.00 e. The van der Waals surface area contributed by atoms with E-state index in [4.69, 9.17) is 0 Å². The molecule has 0 spiro atoms. The first-order valence-electron chi connectivity index (χ1n) is 21.9. The topological polar surface area (TPSA) is 114 Å². The number of aryl methyl sites for hydroxylation is 4. The Morgan fingerprint density at radius 1 is 0.386 bits per heavy atom. The van der Waals surface area contributed by atoms with Crippen molar-refractivity contribution in [3.05, 3.63) is 82.9 Å². The molecule has 0 fully saturated rings. The number of hydrogen-bond acceptors (Lipinski definition) is 6. The molecule has 0 N–H and O–H groups in total. The van der Waals surface area contributed by atoms with Gasteiger partial charge in [-0.05, 0) is 119 Å². The molecule has 0 unspecified atom stereocenters. The van der Waals surface area contributed by atoms with Crippen LogP contribution in [0.2, 0.25) is 0 Å². The second-order valence-corrected chi connectivity index (χ2v) is 18.5. The van der Waals surface area contributed by atoms with Crippen LogP contribution in [0.25, 0.3) is 21.5 Å². The van der Waals surface area contributed by atoms with E-state index in [1.807, 2.05) is 36.4 Å². The molecule has 0 heterocycles. The molecule has 6 nitrogen and oxygen atoms in total. The summed E-state index contributed by atoms with van der Waals surface area (Å²) >= 11 is 0. The molecule has 57 heavy (non-hydrogen) atoms. The first-order chi connectivity index (χ1) is 26.9. The molecule has 9 heteroatoms. The van der Waals surface area contributed by atoms with Crippen molar-refractivity contribution < 1.29 is 25.9 Å². The van der Waals surface area contributed by atoms with Gasteiger partial charge in [0.25, 0.3) is 0 Å². The van der Waals surface area contributed by atoms with Gasteiger partial charge in [-0.1, -0.05) is 167 Å². The van der Waals surface area contributed by atoms with E-state index in [2.05, 4.69) is 39.8 Å². The van der Waals surface area contributed by atoms with E-state index in [0.29, 0.717) is 24.0 Å². The molecule has 0 saturated carbocycles. The van der Waals surface area contributed by atoms with E-state index in [0.717, 1.165) is 85.8 Å². The third-order valence-corrected chi connectivity index (χ3v) is 12.9. The van der Waals surface area contributed by atoms with Gasteiger partial charge in [0.05, 0.1) is 9.79 Å². The first-order valence-corrected chi connectivity index (χ1v) is 24.8. The second kappa shape index (κ2) is 28.3. The van der Waals surface area contributed by atoms with Crippen molar-refractivity contribution in [1.82, 2.24) is 0 Å². The van der Waals surface area contributed by atoms with Crippen LogP contribution < -0.4 is 0 Å². The Labute approximate surface area is 387 Å². The Hall–Kier alpha value is -1.21. The zero-order valence-electron chi connectivity index (χ0n) is 35.7. The predicted octanol–water partition coefficient (Wildman–Crippen LogP) is 13.2. The normalized spacial score (nSPS) is 11.8. The summed E-state index contributed by atoms with van der Waals surface area (Å²) in [6.07, 6.45) is 26.7. The van der Waals surface area contributed by atoms with Crippen LogP contribution in [0.15, 0.2) is 70.5 Å². The van der Waals surface area contributed by atoms with Gasteiger partial charge in [0, 0.05) is 0 Å². The summed E-state index contributed by atoms with van der Waals surface area (Å²) in [6, 6.07) is 19.2. The minimum absolute atomic E-state index is 0. The molecular weight excluding hydrogens is 874 g/mol. The van der Waals surface area contributed by atoms with Gasteiger partial charge in [-0.25, -0.2) is 16.8 Å². The van der Waals surface area contributed by atoms with Gasteiger partial charge in [-0.3, -0.25) is 0 Å². The summed E-state index contributed by atoms with van der Waals surface area (Å²) in [5, 5.41) is 3.92. The van der Waals surface area contributed by atoms with E-state index < -0.39 is 20.2 Å². The van der Waals surface area contributed by atoms with Gasteiger partial charge < -0.3 is 9.11 Å². The summed E-state index contributed by atoms with van der Waals surface area (Å²) in [4.78, 5) is -0.0637. The Kier molecular flexibility index (Phi) is 25.8. The predicted molar refractivity (Wildman–Crippen MR) is 239 cm³/mol. The molecule has 0 aromatic heterocycles. The van der Waals surface area contributed by atoms with Crippen molar-refractivity contribution in [1.29, 1.82) is 0 Å². The van der Waals surface area contributed by atoms with Crippen LogP contribution in [0.4, 0.5) is 0 Å². The Balaban J connectivity index is 0.000000387. The molecule has 4 aromatic rings. The molecule has 0 bridgehead atoms. The number of unbranched alkanes of at least 4 members (excludes halogenated alkanes) is 16. The third-order valence-electron chi connectivity index (χ3n) is 11.0. The third kappa shape index (κ3) is 18.5. The molecule has 4 aromatic carbocycles. The average molecular weight is 945 g/mol. The van der Waals surface area contributed by atoms with Crippen molar-refractivity contribution in [3.8, 4) is 0 Å². The van der Waals surface area contributed by atoms with E-state index >= 15 is 0 Å². The van der Waals surface area contributed by atoms with E-state index in [9.17, 15) is 25.9 Å². The molecule has 0 atom stereocenters. The molecule has 0 amide bonds. The van der Waals surface area contributed by atoms with Crippen LogP contribution in [0.1, 0.15) is 178 Å². The molecule has 4 rings (SSSR count). The molecular formula is C48H70BaO6S2. The minimum Gasteiger partial charge on any atom is -0.744 e. The standard InChI is InChI=1S/2C24H36O3S.Ba/c2*1-3-5-7-9-11-14-20-16-13-17-21-19-24(28(25,26)27)22(18-23(20)21)15-12-10-8-6-4-2;/h2*13,16-19H,3-12,14-15H2,1-2H3,(H,25,26,27);/q;;+2/p-2. The molecule has 0 aliphatic heterocycles. The Morgan fingerprint density at radius 2 is 0.667 bits per heavy atom. The summed E-state index contributed by atoms with van der Waals surface area (Å²) in [6.45, 7) is 8.79. The van der Waals surface area contributed by atoms with Crippen LogP contribution in [-0.4, -0.2) is 74.8 Å². The first kappa shape index (κ1) is 51.9. The van der Waals surface area contributed by atoms with Gasteiger partial charge in [0.1, 0.15) is 20.2 Å². The number of fused-ring (bicyclic) bond motifs is 2. The monoisotopic (exact) mass is 944 g/mol. The number of benzene rings is 4. The van der Waals surface area contributed by atoms with E-state index in [-0.39, 0.29) is 58.7 Å². The Bertz CT molecular complexity index is 1830. The molecule has 312 valence electrons. The van der Waals surface area contributed by atoms with Gasteiger partial charge in [-0.2, -0.15) is 0 Å². The zero-order valence-corrected chi connectivity index (χ0v) is 41.8. The maximum atomic E-state index is 11.8. The fourth-order valence-electron chi connectivity index (χ4n) is 7.80. The minimum atomic E-state index is -4.46. The van der Waals surface area contributed by atoms with Crippen LogP contribution >= 0.6 is 0 Å². The summed E-state index contributed by atoms with van der Waals surface area (Å²) in [7, 11) is -8.92. The maximum Gasteiger partial charge on any atom is 2.00 e. The molecule has 0 aliphatic rings. The smallest absolute Gasteiger partial charge is 0.744 e. The van der Waals surface area contributed by atoms with Crippen molar-refractivity contribution in [2.45, 2.75) is 192 Å². The van der Waals surface area contributed by atoms with E-state index in [1.54, 1.807) is 12.1 Å². The second-order valence-electron chi connectivity index (χ2n) is 15.8. The molecule has 0 aliphatic carbocycles. The van der Waals surface area contributed by atoms with Gasteiger partial charge in [-0.15, -0.1) is 0 Å². The number of hydrogen-bond donors (Lipinski definition) is 0. The van der Waals surface area contributed by atoms with Crippen LogP contribution in [-0.2, 0) is 45.9 Å². The van der Waals surface area contributed by atoms with Crippen LogP contribution in [0.5, 0.6) is 0 Å². The van der Waals surface area contributed by atoms with Gasteiger partial charge in [0.2, 0.25) is 0 Å². The maximum absolute atomic E-state index is 11.8. The summed E-state index contributed by atoms with van der Waals surface area (Å²) in [5.74, 6) is 0.